The summed E-state index contributed by atoms with van der Waals surface area (Å²) in [5.41, 5.74) is -0.131. The van der Waals surface area contributed by atoms with Gasteiger partial charge >= 0.3 is 0 Å². The van der Waals surface area contributed by atoms with Crippen molar-refractivity contribution in [1.82, 2.24) is 4.98 Å². The predicted octanol–water partition coefficient (Wildman–Crippen LogP) is 1.62. The van der Waals surface area contributed by atoms with E-state index in [1.54, 1.807) is 18.2 Å². The average Bonchev–Trinajstić information content (AvgIpc) is 2.82. The lowest BCUT2D eigenvalue weighted by molar-refractivity contribution is -0.111. The molecule has 5 heteroatoms. The fraction of sp³-hybridized carbons (Fsp3) is 0. The molecular formula is C12H10N2O3. The van der Waals surface area contributed by atoms with Gasteiger partial charge in [0, 0.05) is 12.3 Å². The Morgan fingerprint density at radius 3 is 2.94 bits per heavy atom. The summed E-state index contributed by atoms with van der Waals surface area (Å²) in [6, 6.07) is 6.60. The average molecular weight is 230 g/mol. The summed E-state index contributed by atoms with van der Waals surface area (Å²) in [7, 11) is 0. The minimum Gasteiger partial charge on any atom is -0.465 e. The van der Waals surface area contributed by atoms with Crippen LogP contribution in [0.15, 0.2) is 52.0 Å². The van der Waals surface area contributed by atoms with Crippen LogP contribution in [-0.2, 0) is 4.79 Å². The van der Waals surface area contributed by atoms with Crippen LogP contribution in [-0.4, -0.2) is 10.9 Å². The second-order valence-electron chi connectivity index (χ2n) is 3.25. The van der Waals surface area contributed by atoms with Crippen LogP contribution < -0.4 is 10.9 Å². The van der Waals surface area contributed by atoms with Gasteiger partial charge in [-0.2, -0.15) is 0 Å². The van der Waals surface area contributed by atoms with Gasteiger partial charge in [0.25, 0.3) is 5.56 Å². The maximum absolute atomic E-state index is 11.5. The van der Waals surface area contributed by atoms with Crippen LogP contribution in [0.3, 0.4) is 0 Å². The molecule has 2 rings (SSSR count). The Labute approximate surface area is 96.8 Å². The van der Waals surface area contributed by atoms with Crippen LogP contribution in [0, 0.1) is 0 Å². The van der Waals surface area contributed by atoms with E-state index in [4.69, 9.17) is 4.42 Å². The van der Waals surface area contributed by atoms with Crippen LogP contribution in [0.2, 0.25) is 0 Å². The number of pyridine rings is 1. The topological polar surface area (TPSA) is 75.1 Å². The van der Waals surface area contributed by atoms with Gasteiger partial charge in [-0.15, -0.1) is 0 Å². The number of furan rings is 1. The zero-order valence-electron chi connectivity index (χ0n) is 8.84. The normalized spacial score (nSPS) is 10.6. The zero-order chi connectivity index (χ0) is 12.1. The van der Waals surface area contributed by atoms with Crippen LogP contribution in [0.25, 0.3) is 6.08 Å². The molecule has 2 N–H and O–H groups in total. The van der Waals surface area contributed by atoms with E-state index < -0.39 is 5.91 Å². The molecule has 2 aromatic heterocycles. The largest absolute Gasteiger partial charge is 0.465 e. The van der Waals surface area contributed by atoms with Crippen molar-refractivity contribution in [3.8, 4) is 0 Å². The molecule has 2 heterocycles. The SMILES string of the molecule is O=C(/C=C/c1ccco1)Nc1ccc[nH]c1=O. The molecule has 0 unspecified atom stereocenters. The molecule has 86 valence electrons. The van der Waals surface area contributed by atoms with Gasteiger partial charge in [-0.1, -0.05) is 0 Å². The van der Waals surface area contributed by atoms with Crippen LogP contribution in [0.5, 0.6) is 0 Å². The van der Waals surface area contributed by atoms with Crippen molar-refractivity contribution in [3.63, 3.8) is 0 Å². The first-order valence-electron chi connectivity index (χ1n) is 4.96. The summed E-state index contributed by atoms with van der Waals surface area (Å²) < 4.78 is 5.02. The number of nitrogens with one attached hydrogen (secondary N) is 2. The zero-order valence-corrected chi connectivity index (χ0v) is 8.84. The summed E-state index contributed by atoms with van der Waals surface area (Å²) in [6.45, 7) is 0. The smallest absolute Gasteiger partial charge is 0.271 e. The van der Waals surface area contributed by atoms with Crippen LogP contribution in [0.4, 0.5) is 5.69 Å². The standard InChI is InChI=1S/C12H10N2O3/c15-11(6-5-9-3-2-8-17-9)14-10-4-1-7-13-12(10)16/h1-8H,(H,13,16)(H,14,15)/b6-5+. The molecular weight excluding hydrogens is 220 g/mol. The number of aromatic amines is 1. The lowest BCUT2D eigenvalue weighted by Gasteiger charge is -1.98. The number of rotatable bonds is 3. The number of hydrogen-bond acceptors (Lipinski definition) is 3. The molecule has 0 radical (unpaired) electrons. The number of anilines is 1. The van der Waals surface area contributed by atoms with E-state index in [1.165, 1.54) is 30.7 Å². The first kappa shape index (κ1) is 10.9. The number of aromatic nitrogens is 1. The van der Waals surface area contributed by atoms with Gasteiger partial charge in [0.15, 0.2) is 0 Å². The lowest BCUT2D eigenvalue weighted by atomic mass is 10.3. The highest BCUT2D eigenvalue weighted by Crippen LogP contribution is 2.03. The van der Waals surface area contributed by atoms with Crippen molar-refractivity contribution in [3.05, 3.63) is 58.9 Å². The number of H-pyrrole nitrogens is 1. The number of carbonyl (C=O) groups excluding carboxylic acids is 1. The maximum Gasteiger partial charge on any atom is 0.271 e. The monoisotopic (exact) mass is 230 g/mol. The summed E-state index contributed by atoms with van der Waals surface area (Å²) in [4.78, 5) is 25.2. The Balaban J connectivity index is 2.03. The molecule has 0 fully saturated rings. The predicted molar refractivity (Wildman–Crippen MR) is 63.4 cm³/mol. The van der Waals surface area contributed by atoms with E-state index >= 15 is 0 Å². The van der Waals surface area contributed by atoms with Gasteiger partial charge in [-0.05, 0) is 30.3 Å². The highest BCUT2D eigenvalue weighted by molar-refractivity contribution is 6.01. The van der Waals surface area contributed by atoms with E-state index in [1.807, 2.05) is 0 Å². The number of carbonyl (C=O) groups is 1. The summed E-state index contributed by atoms with van der Waals surface area (Å²) >= 11 is 0. The van der Waals surface area contributed by atoms with Crippen molar-refractivity contribution < 1.29 is 9.21 Å². The molecule has 0 spiro atoms. The molecule has 0 atom stereocenters. The molecule has 1 amide bonds. The molecule has 0 aliphatic rings. The lowest BCUT2D eigenvalue weighted by Crippen LogP contribution is -2.17. The van der Waals surface area contributed by atoms with E-state index in [-0.39, 0.29) is 11.2 Å². The minimum atomic E-state index is -0.391. The van der Waals surface area contributed by atoms with Crippen LogP contribution >= 0.6 is 0 Å². The third-order valence-electron chi connectivity index (χ3n) is 2.02. The van der Waals surface area contributed by atoms with Gasteiger partial charge in [0.2, 0.25) is 5.91 Å². The second-order valence-corrected chi connectivity index (χ2v) is 3.25. The maximum atomic E-state index is 11.5. The van der Waals surface area contributed by atoms with Crippen molar-refractivity contribution >= 4 is 17.7 Å². The fourth-order valence-electron chi connectivity index (χ4n) is 1.24. The molecule has 0 bridgehead atoms. The second kappa shape index (κ2) is 4.98. The van der Waals surface area contributed by atoms with E-state index in [9.17, 15) is 9.59 Å². The molecule has 0 saturated heterocycles. The Kier molecular flexibility index (Phi) is 3.20. The summed E-state index contributed by atoms with van der Waals surface area (Å²) in [5, 5.41) is 2.46. The van der Waals surface area contributed by atoms with Crippen LogP contribution in [0.1, 0.15) is 5.76 Å². The van der Waals surface area contributed by atoms with Crippen molar-refractivity contribution in [2.24, 2.45) is 0 Å². The summed E-state index contributed by atoms with van der Waals surface area (Å²) in [5.74, 6) is 0.181. The first-order valence-corrected chi connectivity index (χ1v) is 4.96. The molecule has 0 aliphatic carbocycles. The van der Waals surface area contributed by atoms with E-state index in [0.29, 0.717) is 5.76 Å². The van der Waals surface area contributed by atoms with Gasteiger partial charge in [-0.25, -0.2) is 0 Å². The van der Waals surface area contributed by atoms with E-state index in [0.717, 1.165) is 0 Å². The molecule has 5 nitrogen and oxygen atoms in total. The number of amides is 1. The first-order chi connectivity index (χ1) is 8.25. The Morgan fingerprint density at radius 2 is 2.24 bits per heavy atom. The third kappa shape index (κ3) is 2.94. The Bertz CT molecular complexity index is 582. The van der Waals surface area contributed by atoms with Gasteiger partial charge in [0.1, 0.15) is 11.4 Å². The molecule has 0 aliphatic heterocycles. The highest BCUT2D eigenvalue weighted by Gasteiger charge is 2.01. The van der Waals surface area contributed by atoms with Crippen molar-refractivity contribution in [1.29, 1.82) is 0 Å². The fourth-order valence-corrected chi connectivity index (χ4v) is 1.24. The molecule has 0 saturated carbocycles. The van der Waals surface area contributed by atoms with Crippen molar-refractivity contribution in [2.75, 3.05) is 5.32 Å². The molecule has 2 aromatic rings. The van der Waals surface area contributed by atoms with Gasteiger partial charge < -0.3 is 14.7 Å². The Morgan fingerprint density at radius 1 is 1.35 bits per heavy atom. The highest BCUT2D eigenvalue weighted by atomic mass is 16.3. The molecule has 0 aromatic carbocycles. The van der Waals surface area contributed by atoms with E-state index in [2.05, 4.69) is 10.3 Å². The van der Waals surface area contributed by atoms with Gasteiger partial charge in [0.05, 0.1) is 6.26 Å². The van der Waals surface area contributed by atoms with Crippen molar-refractivity contribution in [2.45, 2.75) is 0 Å². The van der Waals surface area contributed by atoms with Gasteiger partial charge in [-0.3, -0.25) is 9.59 Å². The molecule has 17 heavy (non-hydrogen) atoms. The number of hydrogen-bond donors (Lipinski definition) is 2. The summed E-state index contributed by atoms with van der Waals surface area (Å²) in [6.07, 6.45) is 5.83. The quantitative estimate of drug-likeness (QED) is 0.787. The Hall–Kier alpha value is -2.56. The third-order valence-corrected chi connectivity index (χ3v) is 2.02. The minimum absolute atomic E-state index is 0.210.